The zero-order valence-corrected chi connectivity index (χ0v) is 18.7. The highest BCUT2D eigenvalue weighted by Gasteiger charge is 2.36. The molecule has 1 atom stereocenters. The monoisotopic (exact) mass is 471 g/mol. The van der Waals surface area contributed by atoms with E-state index in [4.69, 9.17) is 17.5 Å². The van der Waals surface area contributed by atoms with E-state index >= 15 is 0 Å². The van der Waals surface area contributed by atoms with Gasteiger partial charge in [0.15, 0.2) is 10.9 Å². The fourth-order valence-electron chi connectivity index (χ4n) is 3.71. The summed E-state index contributed by atoms with van der Waals surface area (Å²) in [5.74, 6) is -0.441. The Labute approximate surface area is 194 Å². The maximum absolute atomic E-state index is 13.3. The molecular weight excluding hydrogens is 451 g/mol. The van der Waals surface area contributed by atoms with Gasteiger partial charge >= 0.3 is 6.18 Å². The summed E-state index contributed by atoms with van der Waals surface area (Å²) in [5.41, 5.74) is 1.05. The topological polar surface area (TPSA) is 73.2 Å². The molecule has 0 radical (unpaired) electrons. The van der Waals surface area contributed by atoms with E-state index in [1.54, 1.807) is 24.3 Å². The van der Waals surface area contributed by atoms with Crippen LogP contribution in [-0.4, -0.2) is 16.7 Å². The Balaban J connectivity index is 2.20. The SMILES string of the molecule is CC(=O)CCC1=C(C(C)=O)C(c2ccc(C#N)cc2)NC(=S)N1c1cccc(C(F)(F)F)c1. The first-order valence-electron chi connectivity index (χ1n) is 10.0. The van der Waals surface area contributed by atoms with Gasteiger partial charge in [-0.05, 0) is 68.4 Å². The van der Waals surface area contributed by atoms with Gasteiger partial charge < -0.3 is 10.1 Å². The number of benzene rings is 2. The Kier molecular flexibility index (Phi) is 6.98. The number of nitrogens with zero attached hydrogens (tertiary/aromatic N) is 2. The molecule has 1 aliphatic rings. The Hall–Kier alpha value is -3.51. The number of alkyl halides is 3. The molecule has 0 bridgehead atoms. The second-order valence-corrected chi connectivity index (χ2v) is 8.01. The molecule has 0 aliphatic carbocycles. The number of allylic oxidation sites excluding steroid dienone is 1. The second kappa shape index (κ2) is 9.55. The number of halogens is 3. The van der Waals surface area contributed by atoms with Crippen LogP contribution in [0.15, 0.2) is 59.8 Å². The molecule has 1 unspecified atom stereocenters. The lowest BCUT2D eigenvalue weighted by atomic mass is 9.90. The van der Waals surface area contributed by atoms with Crippen molar-refractivity contribution in [3.05, 3.63) is 76.5 Å². The highest BCUT2D eigenvalue weighted by Crippen LogP contribution is 2.38. The minimum Gasteiger partial charge on any atom is -0.351 e. The molecule has 2 aromatic rings. The van der Waals surface area contributed by atoms with Crippen LogP contribution < -0.4 is 10.2 Å². The Bertz CT molecular complexity index is 1180. The van der Waals surface area contributed by atoms with Crippen molar-refractivity contribution in [3.8, 4) is 6.07 Å². The first-order chi connectivity index (χ1) is 15.5. The van der Waals surface area contributed by atoms with Gasteiger partial charge in [-0.15, -0.1) is 0 Å². The number of nitriles is 1. The summed E-state index contributed by atoms with van der Waals surface area (Å²) >= 11 is 5.52. The zero-order chi connectivity index (χ0) is 24.3. The first kappa shape index (κ1) is 24.1. The molecule has 0 aromatic heterocycles. The summed E-state index contributed by atoms with van der Waals surface area (Å²) in [5, 5.41) is 12.2. The number of anilines is 1. The molecule has 5 nitrogen and oxygen atoms in total. The van der Waals surface area contributed by atoms with Crippen molar-refractivity contribution in [2.24, 2.45) is 0 Å². The summed E-state index contributed by atoms with van der Waals surface area (Å²) in [6.07, 6.45) is -4.35. The van der Waals surface area contributed by atoms with Gasteiger partial charge in [0.2, 0.25) is 0 Å². The predicted octanol–water partition coefficient (Wildman–Crippen LogP) is 5.23. The van der Waals surface area contributed by atoms with Crippen molar-refractivity contribution in [3.63, 3.8) is 0 Å². The van der Waals surface area contributed by atoms with Crippen molar-refractivity contribution >= 4 is 34.6 Å². The molecule has 0 spiro atoms. The van der Waals surface area contributed by atoms with Crippen LogP contribution in [0.5, 0.6) is 0 Å². The quantitative estimate of drug-likeness (QED) is 0.582. The molecule has 3 rings (SSSR count). The Morgan fingerprint density at radius 2 is 1.82 bits per heavy atom. The van der Waals surface area contributed by atoms with Gasteiger partial charge in [0.1, 0.15) is 5.78 Å². The zero-order valence-electron chi connectivity index (χ0n) is 17.9. The maximum Gasteiger partial charge on any atom is 0.416 e. The van der Waals surface area contributed by atoms with E-state index in [-0.39, 0.29) is 35.2 Å². The molecule has 0 amide bonds. The summed E-state index contributed by atoms with van der Waals surface area (Å²) in [6, 6.07) is 12.6. The smallest absolute Gasteiger partial charge is 0.351 e. The Morgan fingerprint density at radius 1 is 1.15 bits per heavy atom. The number of Topliss-reactive ketones (excluding diaryl/α,β-unsaturated/α-hetero) is 2. The van der Waals surface area contributed by atoms with Crippen LogP contribution in [0.3, 0.4) is 0 Å². The molecule has 0 saturated heterocycles. The predicted molar refractivity (Wildman–Crippen MR) is 121 cm³/mol. The Morgan fingerprint density at radius 3 is 2.36 bits per heavy atom. The van der Waals surface area contributed by atoms with E-state index in [9.17, 15) is 22.8 Å². The van der Waals surface area contributed by atoms with Crippen molar-refractivity contribution in [1.29, 1.82) is 5.26 Å². The van der Waals surface area contributed by atoms with E-state index in [2.05, 4.69) is 5.32 Å². The fourth-order valence-corrected chi connectivity index (χ4v) is 4.05. The van der Waals surface area contributed by atoms with Crippen molar-refractivity contribution in [1.82, 2.24) is 5.32 Å². The van der Waals surface area contributed by atoms with E-state index in [1.807, 2.05) is 6.07 Å². The van der Waals surface area contributed by atoms with Crippen LogP contribution in [0.2, 0.25) is 0 Å². The van der Waals surface area contributed by atoms with Gasteiger partial charge in [0, 0.05) is 23.4 Å². The number of carbonyl (C=O) groups excluding carboxylic acids is 2. The molecule has 170 valence electrons. The van der Waals surface area contributed by atoms with Crippen LogP contribution >= 0.6 is 12.2 Å². The third-order valence-corrected chi connectivity index (χ3v) is 5.54. The number of thiocarbonyl (C=S) groups is 1. The molecule has 1 N–H and O–H groups in total. The minimum absolute atomic E-state index is 0.0876. The van der Waals surface area contributed by atoms with Crippen molar-refractivity contribution in [2.45, 2.75) is 38.9 Å². The van der Waals surface area contributed by atoms with Crippen LogP contribution in [0.1, 0.15) is 49.4 Å². The second-order valence-electron chi connectivity index (χ2n) is 7.62. The van der Waals surface area contributed by atoms with E-state index in [1.165, 1.54) is 30.9 Å². The molecule has 2 aromatic carbocycles. The summed E-state index contributed by atoms with van der Waals surface area (Å²) in [7, 11) is 0. The first-order valence-corrected chi connectivity index (χ1v) is 10.4. The number of ketones is 2. The number of carbonyl (C=O) groups is 2. The van der Waals surface area contributed by atoms with Gasteiger partial charge in [-0.25, -0.2) is 0 Å². The number of rotatable bonds is 6. The maximum atomic E-state index is 13.3. The highest BCUT2D eigenvalue weighted by molar-refractivity contribution is 7.80. The largest absolute Gasteiger partial charge is 0.416 e. The van der Waals surface area contributed by atoms with Crippen LogP contribution in [0, 0.1) is 11.3 Å². The molecule has 9 heteroatoms. The molecular formula is C24H20F3N3O2S. The van der Waals surface area contributed by atoms with Crippen LogP contribution in [0.4, 0.5) is 18.9 Å². The lowest BCUT2D eigenvalue weighted by Gasteiger charge is -2.39. The minimum atomic E-state index is -4.56. The number of nitrogens with one attached hydrogen (secondary N) is 1. The van der Waals surface area contributed by atoms with E-state index in [0.29, 0.717) is 22.4 Å². The molecule has 0 fully saturated rings. The summed E-state index contributed by atoms with van der Waals surface area (Å²) in [4.78, 5) is 25.9. The van der Waals surface area contributed by atoms with Crippen LogP contribution in [-0.2, 0) is 15.8 Å². The molecule has 1 heterocycles. The molecule has 0 saturated carbocycles. The van der Waals surface area contributed by atoms with Gasteiger partial charge in [0.05, 0.1) is 23.2 Å². The highest BCUT2D eigenvalue weighted by atomic mass is 32.1. The van der Waals surface area contributed by atoms with Crippen molar-refractivity contribution < 1.29 is 22.8 Å². The van der Waals surface area contributed by atoms with E-state index in [0.717, 1.165) is 12.1 Å². The van der Waals surface area contributed by atoms with Gasteiger partial charge in [0.25, 0.3) is 0 Å². The molecule has 1 aliphatic heterocycles. The fraction of sp³-hybridized carbons (Fsp3) is 0.250. The van der Waals surface area contributed by atoms with E-state index < -0.39 is 17.8 Å². The average Bonchev–Trinajstić information content (AvgIpc) is 2.76. The third-order valence-electron chi connectivity index (χ3n) is 5.24. The third kappa shape index (κ3) is 5.29. The average molecular weight is 472 g/mol. The lowest BCUT2D eigenvalue weighted by Crippen LogP contribution is -2.48. The molecule has 33 heavy (non-hydrogen) atoms. The van der Waals surface area contributed by atoms with Gasteiger partial charge in [-0.1, -0.05) is 18.2 Å². The summed E-state index contributed by atoms with van der Waals surface area (Å²) in [6.45, 7) is 2.76. The standard InChI is InChI=1S/C24H20F3N3O2S/c1-14(31)6-11-20-21(15(2)32)22(17-9-7-16(13-28)8-10-17)29-23(33)30(20)19-5-3-4-18(12-19)24(25,26)27/h3-5,7-10,12,22H,6,11H2,1-2H3,(H,29,33). The summed E-state index contributed by atoms with van der Waals surface area (Å²) < 4.78 is 40.0. The van der Waals surface area contributed by atoms with Gasteiger partial charge in [-0.2, -0.15) is 18.4 Å². The van der Waals surface area contributed by atoms with Gasteiger partial charge in [-0.3, -0.25) is 9.69 Å². The lowest BCUT2D eigenvalue weighted by molar-refractivity contribution is -0.137. The normalized spacial score (nSPS) is 16.3. The van der Waals surface area contributed by atoms with Crippen LogP contribution in [0.25, 0.3) is 0 Å². The van der Waals surface area contributed by atoms with Crippen molar-refractivity contribution in [2.75, 3.05) is 4.90 Å². The number of hydrogen-bond donors (Lipinski definition) is 1. The number of hydrogen-bond acceptors (Lipinski definition) is 4.